The second-order valence-corrected chi connectivity index (χ2v) is 6.23. The van der Waals surface area contributed by atoms with Gasteiger partial charge in [-0.3, -0.25) is 0 Å². The molecule has 1 saturated heterocycles. The number of anilines is 1. The van der Waals surface area contributed by atoms with Gasteiger partial charge in [0, 0.05) is 41.0 Å². The highest BCUT2D eigenvalue weighted by atomic mass is 35.5. The summed E-state index contributed by atoms with van der Waals surface area (Å²) in [4.78, 5) is 11.8. The molecular formula is C17H21ClN4. The molecule has 116 valence electrons. The molecule has 0 amide bonds. The van der Waals surface area contributed by atoms with E-state index in [1.54, 1.807) is 0 Å². The van der Waals surface area contributed by atoms with Gasteiger partial charge >= 0.3 is 0 Å². The van der Waals surface area contributed by atoms with Crippen molar-refractivity contribution in [1.82, 2.24) is 9.97 Å². The molecule has 3 rings (SSSR count). The number of aromatic nitrogens is 2. The Labute approximate surface area is 136 Å². The summed E-state index contributed by atoms with van der Waals surface area (Å²) in [5.41, 5.74) is 9.30. The van der Waals surface area contributed by atoms with Crippen LogP contribution in [0.5, 0.6) is 0 Å². The van der Waals surface area contributed by atoms with Crippen molar-refractivity contribution in [2.75, 3.05) is 18.0 Å². The number of hydrogen-bond donors (Lipinski definition) is 1. The highest BCUT2D eigenvalue weighted by Crippen LogP contribution is 2.28. The molecule has 1 atom stereocenters. The molecule has 0 radical (unpaired) electrons. The first-order valence-electron chi connectivity index (χ1n) is 7.72. The van der Waals surface area contributed by atoms with Crippen molar-refractivity contribution in [2.24, 2.45) is 5.73 Å². The third-order valence-corrected chi connectivity index (χ3v) is 4.42. The lowest BCUT2D eigenvalue weighted by molar-refractivity contribution is 0.750. The van der Waals surface area contributed by atoms with Gasteiger partial charge < -0.3 is 10.6 Å². The fourth-order valence-electron chi connectivity index (χ4n) is 2.96. The van der Waals surface area contributed by atoms with Gasteiger partial charge in [-0.15, -0.1) is 0 Å². The van der Waals surface area contributed by atoms with Crippen molar-refractivity contribution in [3.8, 4) is 11.4 Å². The van der Waals surface area contributed by atoms with Crippen LogP contribution in [0.4, 0.5) is 5.82 Å². The minimum atomic E-state index is 0.235. The van der Waals surface area contributed by atoms with Gasteiger partial charge in [0.15, 0.2) is 5.82 Å². The summed E-state index contributed by atoms with van der Waals surface area (Å²) in [6, 6.07) is 7.90. The second kappa shape index (κ2) is 6.23. The molecule has 0 bridgehead atoms. The molecule has 0 spiro atoms. The maximum absolute atomic E-state index is 6.06. The Morgan fingerprint density at radius 3 is 2.59 bits per heavy atom. The Hall–Kier alpha value is -1.65. The van der Waals surface area contributed by atoms with Crippen LogP contribution in [0, 0.1) is 6.92 Å². The van der Waals surface area contributed by atoms with E-state index in [1.165, 1.54) is 5.56 Å². The van der Waals surface area contributed by atoms with Crippen LogP contribution in [0.2, 0.25) is 5.02 Å². The first kappa shape index (κ1) is 15.3. The molecule has 0 aliphatic carbocycles. The first-order valence-corrected chi connectivity index (χ1v) is 8.10. The highest BCUT2D eigenvalue weighted by Gasteiger charge is 2.24. The maximum atomic E-state index is 6.06. The summed E-state index contributed by atoms with van der Waals surface area (Å²) < 4.78 is 0. The van der Waals surface area contributed by atoms with E-state index in [-0.39, 0.29) is 6.04 Å². The Bertz CT molecular complexity index is 669. The molecule has 2 N–H and O–H groups in total. The Morgan fingerprint density at radius 2 is 2.00 bits per heavy atom. The number of halogens is 1. The SMILES string of the molecule is CCc1c(C)nc(-c2ccc(Cl)cc2)nc1N1CCC(N)C1. The highest BCUT2D eigenvalue weighted by molar-refractivity contribution is 6.30. The minimum Gasteiger partial charge on any atom is -0.355 e. The van der Waals surface area contributed by atoms with Crippen LogP contribution >= 0.6 is 11.6 Å². The summed E-state index contributed by atoms with van der Waals surface area (Å²) in [6.07, 6.45) is 1.94. The maximum Gasteiger partial charge on any atom is 0.161 e. The van der Waals surface area contributed by atoms with Crippen molar-refractivity contribution in [1.29, 1.82) is 0 Å². The van der Waals surface area contributed by atoms with Gasteiger partial charge in [-0.2, -0.15) is 0 Å². The number of nitrogens with zero attached hydrogens (tertiary/aromatic N) is 3. The molecule has 1 fully saturated rings. The lowest BCUT2D eigenvalue weighted by Crippen LogP contribution is -2.28. The smallest absolute Gasteiger partial charge is 0.161 e. The van der Waals surface area contributed by atoms with Crippen LogP contribution in [-0.4, -0.2) is 29.1 Å². The van der Waals surface area contributed by atoms with Crippen LogP contribution in [0.1, 0.15) is 24.6 Å². The molecule has 1 aromatic carbocycles. The summed E-state index contributed by atoms with van der Waals surface area (Å²) in [7, 11) is 0. The quantitative estimate of drug-likeness (QED) is 0.944. The van der Waals surface area contributed by atoms with Gasteiger partial charge in [0.25, 0.3) is 0 Å². The van der Waals surface area contributed by atoms with Crippen LogP contribution < -0.4 is 10.6 Å². The van der Waals surface area contributed by atoms with Crippen molar-refractivity contribution in [2.45, 2.75) is 32.7 Å². The van der Waals surface area contributed by atoms with E-state index < -0.39 is 0 Å². The number of aryl methyl sites for hydroxylation is 1. The van der Waals surface area contributed by atoms with Gasteiger partial charge in [-0.05, 0) is 44.0 Å². The molecule has 1 unspecified atom stereocenters. The topological polar surface area (TPSA) is 55.0 Å². The fourth-order valence-corrected chi connectivity index (χ4v) is 3.09. The third kappa shape index (κ3) is 2.94. The number of rotatable bonds is 3. The van der Waals surface area contributed by atoms with Gasteiger partial charge in [-0.1, -0.05) is 18.5 Å². The molecule has 1 aromatic heterocycles. The number of benzene rings is 1. The molecule has 2 aromatic rings. The third-order valence-electron chi connectivity index (χ3n) is 4.17. The molecular weight excluding hydrogens is 296 g/mol. The molecule has 22 heavy (non-hydrogen) atoms. The van der Waals surface area contributed by atoms with E-state index in [9.17, 15) is 0 Å². The van der Waals surface area contributed by atoms with E-state index in [1.807, 2.05) is 24.3 Å². The van der Waals surface area contributed by atoms with E-state index >= 15 is 0 Å². The monoisotopic (exact) mass is 316 g/mol. The van der Waals surface area contributed by atoms with Crippen LogP contribution in [0.3, 0.4) is 0 Å². The predicted octanol–water partition coefficient (Wildman–Crippen LogP) is 3.21. The summed E-state index contributed by atoms with van der Waals surface area (Å²) >= 11 is 5.97. The number of hydrogen-bond acceptors (Lipinski definition) is 4. The average molecular weight is 317 g/mol. The molecule has 5 heteroatoms. The molecule has 2 heterocycles. The summed E-state index contributed by atoms with van der Waals surface area (Å²) in [6.45, 7) is 6.03. The zero-order valence-electron chi connectivity index (χ0n) is 13.0. The van der Waals surface area contributed by atoms with E-state index in [2.05, 4.69) is 23.7 Å². The largest absolute Gasteiger partial charge is 0.355 e. The van der Waals surface area contributed by atoms with Crippen molar-refractivity contribution < 1.29 is 0 Å². The van der Waals surface area contributed by atoms with Crippen molar-refractivity contribution >= 4 is 17.4 Å². The number of nitrogens with two attached hydrogens (primary N) is 1. The summed E-state index contributed by atoms with van der Waals surface area (Å²) in [5, 5.41) is 0.719. The van der Waals surface area contributed by atoms with E-state index in [0.717, 1.165) is 53.9 Å². The second-order valence-electron chi connectivity index (χ2n) is 5.79. The Morgan fingerprint density at radius 1 is 1.27 bits per heavy atom. The average Bonchev–Trinajstić information content (AvgIpc) is 2.93. The lowest BCUT2D eigenvalue weighted by atomic mass is 10.1. The zero-order chi connectivity index (χ0) is 15.7. The zero-order valence-corrected chi connectivity index (χ0v) is 13.8. The van der Waals surface area contributed by atoms with Gasteiger partial charge in [0.05, 0.1) is 0 Å². The molecule has 4 nitrogen and oxygen atoms in total. The molecule has 0 saturated carbocycles. The van der Waals surface area contributed by atoms with Crippen molar-refractivity contribution in [3.05, 3.63) is 40.5 Å². The molecule has 1 aliphatic heterocycles. The van der Waals surface area contributed by atoms with Crippen LogP contribution in [0.25, 0.3) is 11.4 Å². The van der Waals surface area contributed by atoms with Gasteiger partial charge in [0.1, 0.15) is 5.82 Å². The standard InChI is InChI=1S/C17H21ClN4/c1-3-15-11(2)20-16(12-4-6-13(18)7-5-12)21-17(15)22-9-8-14(19)10-22/h4-7,14H,3,8-10,19H2,1-2H3. The van der Waals surface area contributed by atoms with Gasteiger partial charge in [0.2, 0.25) is 0 Å². The van der Waals surface area contributed by atoms with Crippen LogP contribution in [0.15, 0.2) is 24.3 Å². The Balaban J connectivity index is 2.05. The Kier molecular flexibility index (Phi) is 4.32. The lowest BCUT2D eigenvalue weighted by Gasteiger charge is -2.22. The minimum absolute atomic E-state index is 0.235. The summed E-state index contributed by atoms with van der Waals surface area (Å²) in [5.74, 6) is 1.79. The normalized spacial score (nSPS) is 18.0. The van der Waals surface area contributed by atoms with Crippen LogP contribution in [-0.2, 0) is 6.42 Å². The van der Waals surface area contributed by atoms with Crippen molar-refractivity contribution in [3.63, 3.8) is 0 Å². The van der Waals surface area contributed by atoms with Gasteiger partial charge in [-0.25, -0.2) is 9.97 Å². The molecule has 1 aliphatic rings. The van der Waals surface area contributed by atoms with E-state index in [0.29, 0.717) is 0 Å². The fraction of sp³-hybridized carbons (Fsp3) is 0.412. The first-order chi connectivity index (χ1) is 10.6. The van der Waals surface area contributed by atoms with E-state index in [4.69, 9.17) is 22.3 Å². The predicted molar refractivity (Wildman–Crippen MR) is 91.4 cm³/mol.